The van der Waals surface area contributed by atoms with Crippen molar-refractivity contribution < 1.29 is 9.53 Å². The van der Waals surface area contributed by atoms with Crippen molar-refractivity contribution in [1.29, 1.82) is 0 Å². The summed E-state index contributed by atoms with van der Waals surface area (Å²) >= 11 is 6.29. The van der Waals surface area contributed by atoms with Crippen LogP contribution in [0.3, 0.4) is 0 Å². The fourth-order valence-electron chi connectivity index (χ4n) is 5.79. The van der Waals surface area contributed by atoms with Gasteiger partial charge in [-0.1, -0.05) is 48.9 Å². The maximum atomic E-state index is 12.3. The van der Waals surface area contributed by atoms with Crippen molar-refractivity contribution in [3.8, 4) is 5.75 Å². The van der Waals surface area contributed by atoms with Crippen LogP contribution < -0.4 is 4.74 Å². The van der Waals surface area contributed by atoms with E-state index in [4.69, 9.17) is 16.3 Å². The molecule has 4 nitrogen and oxygen atoms in total. The SMILES string of the molecule is CCc1cccc2c(C(C)=O)cn(CCCN3CCCC(CC(C)Oc4ccccc4Cl)C3C)c12. The monoisotopic (exact) mass is 494 g/mol. The van der Waals surface area contributed by atoms with Gasteiger partial charge >= 0.3 is 0 Å². The van der Waals surface area contributed by atoms with Crippen LogP contribution in [0.2, 0.25) is 5.02 Å². The normalized spacial score (nSPS) is 19.7. The Hall–Kier alpha value is -2.30. The number of rotatable bonds is 10. The minimum Gasteiger partial charge on any atom is -0.489 e. The lowest BCUT2D eigenvalue weighted by Crippen LogP contribution is -2.45. The molecule has 1 aliphatic rings. The zero-order valence-electron chi connectivity index (χ0n) is 21.6. The Morgan fingerprint density at radius 2 is 1.97 bits per heavy atom. The molecule has 5 heteroatoms. The first-order chi connectivity index (χ1) is 16.9. The summed E-state index contributed by atoms with van der Waals surface area (Å²) < 4.78 is 8.49. The number of aryl methyl sites for hydroxylation is 2. The third-order valence-electron chi connectivity index (χ3n) is 7.66. The van der Waals surface area contributed by atoms with E-state index in [0.717, 1.165) is 55.6 Å². The molecule has 3 atom stereocenters. The number of para-hydroxylation sites is 2. The van der Waals surface area contributed by atoms with Gasteiger partial charge in [0.15, 0.2) is 5.78 Å². The highest BCUT2D eigenvalue weighted by molar-refractivity contribution is 6.32. The number of carbonyl (C=O) groups is 1. The fourth-order valence-corrected chi connectivity index (χ4v) is 5.97. The van der Waals surface area contributed by atoms with Gasteiger partial charge in [0.25, 0.3) is 0 Å². The van der Waals surface area contributed by atoms with Crippen LogP contribution in [0.25, 0.3) is 10.9 Å². The van der Waals surface area contributed by atoms with Gasteiger partial charge in [0, 0.05) is 36.3 Å². The lowest BCUT2D eigenvalue weighted by molar-refractivity contribution is 0.0714. The van der Waals surface area contributed by atoms with Gasteiger partial charge in [-0.3, -0.25) is 4.79 Å². The molecule has 0 aliphatic carbocycles. The van der Waals surface area contributed by atoms with Crippen molar-refractivity contribution in [2.75, 3.05) is 13.1 Å². The molecule has 0 amide bonds. The van der Waals surface area contributed by atoms with Gasteiger partial charge < -0.3 is 14.2 Å². The number of fused-ring (bicyclic) bond motifs is 1. The summed E-state index contributed by atoms with van der Waals surface area (Å²) in [4.78, 5) is 14.9. The Bertz CT molecular complexity index is 1150. The van der Waals surface area contributed by atoms with Crippen LogP contribution in [-0.4, -0.2) is 40.5 Å². The van der Waals surface area contributed by atoms with E-state index >= 15 is 0 Å². The van der Waals surface area contributed by atoms with E-state index in [1.165, 1.54) is 23.9 Å². The van der Waals surface area contributed by atoms with E-state index in [1.54, 1.807) is 6.92 Å². The number of hydrogen-bond acceptors (Lipinski definition) is 3. The quantitative estimate of drug-likeness (QED) is 0.275. The maximum Gasteiger partial charge on any atom is 0.161 e. The summed E-state index contributed by atoms with van der Waals surface area (Å²) in [6.07, 6.45) is 7.76. The number of piperidine rings is 1. The van der Waals surface area contributed by atoms with Crippen molar-refractivity contribution >= 4 is 28.3 Å². The van der Waals surface area contributed by atoms with Gasteiger partial charge in [-0.15, -0.1) is 0 Å². The Labute approximate surface area is 215 Å². The minimum absolute atomic E-state index is 0.131. The standard InChI is InChI=1S/C30H39ClN2O2/c1-5-24-11-8-13-26-27(23(4)34)20-33(30(24)26)18-10-17-32-16-9-12-25(22(32)3)19-21(2)35-29-15-7-6-14-28(29)31/h6-8,11,13-15,20-22,25H,5,9-10,12,16-19H2,1-4H3. The molecule has 3 unspecified atom stereocenters. The topological polar surface area (TPSA) is 34.5 Å². The molecule has 0 radical (unpaired) electrons. The Kier molecular flexibility index (Phi) is 8.56. The number of hydrogen-bond donors (Lipinski definition) is 0. The van der Waals surface area contributed by atoms with Crippen LogP contribution >= 0.6 is 11.6 Å². The molecule has 2 heterocycles. The van der Waals surface area contributed by atoms with Crippen LogP contribution in [0.5, 0.6) is 5.75 Å². The molecular weight excluding hydrogens is 456 g/mol. The predicted molar refractivity (Wildman–Crippen MR) is 146 cm³/mol. The number of carbonyl (C=O) groups excluding carboxylic acids is 1. The molecule has 35 heavy (non-hydrogen) atoms. The first kappa shape index (κ1) is 25.8. The van der Waals surface area contributed by atoms with E-state index in [2.05, 4.69) is 54.6 Å². The molecule has 1 aliphatic heterocycles. The molecule has 0 bridgehead atoms. The molecule has 0 spiro atoms. The van der Waals surface area contributed by atoms with Crippen molar-refractivity contribution in [3.63, 3.8) is 0 Å². The van der Waals surface area contributed by atoms with E-state index in [1.807, 2.05) is 24.3 Å². The maximum absolute atomic E-state index is 12.3. The van der Waals surface area contributed by atoms with Crippen molar-refractivity contribution in [2.24, 2.45) is 5.92 Å². The molecule has 4 rings (SSSR count). The van der Waals surface area contributed by atoms with Gasteiger partial charge in [-0.25, -0.2) is 0 Å². The molecule has 1 fully saturated rings. The third kappa shape index (κ3) is 5.92. The summed E-state index contributed by atoms with van der Waals surface area (Å²) in [5, 5.41) is 1.77. The van der Waals surface area contributed by atoms with Crippen molar-refractivity contribution in [2.45, 2.75) is 78.5 Å². The predicted octanol–water partition coefficient (Wildman–Crippen LogP) is 7.41. The van der Waals surface area contributed by atoms with E-state index in [0.29, 0.717) is 17.0 Å². The van der Waals surface area contributed by atoms with Gasteiger partial charge in [0.1, 0.15) is 5.75 Å². The number of ketones is 1. The first-order valence-corrected chi connectivity index (χ1v) is 13.5. The Morgan fingerprint density at radius 3 is 2.71 bits per heavy atom. The number of halogens is 1. The summed E-state index contributed by atoms with van der Waals surface area (Å²) in [6.45, 7) is 11.5. The Balaban J connectivity index is 1.37. The average Bonchev–Trinajstić information content (AvgIpc) is 3.22. The van der Waals surface area contributed by atoms with Crippen molar-refractivity contribution in [3.05, 3.63) is 64.8 Å². The molecule has 1 aromatic heterocycles. The highest BCUT2D eigenvalue weighted by atomic mass is 35.5. The molecule has 2 aromatic carbocycles. The number of ether oxygens (including phenoxy) is 1. The van der Waals surface area contributed by atoms with Gasteiger partial charge in [0.2, 0.25) is 0 Å². The summed E-state index contributed by atoms with van der Waals surface area (Å²) in [7, 11) is 0. The minimum atomic E-state index is 0.131. The second-order valence-electron chi connectivity index (χ2n) is 10.1. The second-order valence-corrected chi connectivity index (χ2v) is 10.5. The van der Waals surface area contributed by atoms with E-state index in [-0.39, 0.29) is 11.9 Å². The lowest BCUT2D eigenvalue weighted by atomic mass is 9.86. The summed E-state index contributed by atoms with van der Waals surface area (Å²) in [6, 6.07) is 14.6. The van der Waals surface area contributed by atoms with Crippen molar-refractivity contribution in [1.82, 2.24) is 9.47 Å². The smallest absolute Gasteiger partial charge is 0.161 e. The zero-order valence-corrected chi connectivity index (χ0v) is 22.4. The van der Waals surface area contributed by atoms with Crippen LogP contribution in [0, 0.1) is 5.92 Å². The number of benzene rings is 2. The highest BCUT2D eigenvalue weighted by Crippen LogP contribution is 2.31. The summed E-state index contributed by atoms with van der Waals surface area (Å²) in [5.74, 6) is 1.53. The summed E-state index contributed by atoms with van der Waals surface area (Å²) in [5.41, 5.74) is 3.39. The highest BCUT2D eigenvalue weighted by Gasteiger charge is 2.29. The van der Waals surface area contributed by atoms with E-state index in [9.17, 15) is 4.79 Å². The second kappa shape index (κ2) is 11.6. The zero-order chi connectivity index (χ0) is 24.9. The number of likely N-dealkylation sites (tertiary alicyclic amines) is 1. The van der Waals surface area contributed by atoms with Gasteiger partial charge in [-0.2, -0.15) is 0 Å². The lowest BCUT2D eigenvalue weighted by Gasteiger charge is -2.40. The average molecular weight is 495 g/mol. The van der Waals surface area contributed by atoms with Crippen LogP contribution in [0.1, 0.15) is 69.3 Å². The number of nitrogens with zero attached hydrogens (tertiary/aromatic N) is 2. The molecule has 1 saturated heterocycles. The molecule has 0 saturated carbocycles. The molecule has 3 aromatic rings. The molecular formula is C30H39ClN2O2. The third-order valence-corrected chi connectivity index (χ3v) is 7.98. The number of Topliss-reactive ketones (excluding diaryl/α,β-unsaturated/α-hetero) is 1. The van der Waals surface area contributed by atoms with Crippen LogP contribution in [0.4, 0.5) is 0 Å². The van der Waals surface area contributed by atoms with Gasteiger partial charge in [0.05, 0.1) is 16.6 Å². The van der Waals surface area contributed by atoms with Gasteiger partial charge in [-0.05, 0) is 83.0 Å². The largest absolute Gasteiger partial charge is 0.489 e. The fraction of sp³-hybridized carbons (Fsp3) is 0.500. The molecule has 188 valence electrons. The van der Waals surface area contributed by atoms with E-state index < -0.39 is 0 Å². The first-order valence-electron chi connectivity index (χ1n) is 13.2. The Morgan fingerprint density at radius 1 is 1.17 bits per heavy atom. The number of aromatic nitrogens is 1. The van der Waals surface area contributed by atoms with Crippen LogP contribution in [0.15, 0.2) is 48.7 Å². The molecule has 0 N–H and O–H groups in total. The van der Waals surface area contributed by atoms with Crippen LogP contribution in [-0.2, 0) is 13.0 Å².